The first-order valence-corrected chi connectivity index (χ1v) is 9.95. The molecule has 0 radical (unpaired) electrons. The minimum atomic E-state index is -0.646. The maximum atomic E-state index is 12.6. The number of esters is 1. The minimum Gasteiger partial charge on any atom is -0.452 e. The number of hydrogen-bond donors (Lipinski definition) is 1. The van der Waals surface area contributed by atoms with Crippen LogP contribution in [-0.2, 0) is 9.53 Å². The Morgan fingerprint density at radius 1 is 1.07 bits per heavy atom. The molecule has 0 unspecified atom stereocenters. The molecule has 1 aliphatic heterocycles. The Morgan fingerprint density at radius 3 is 2.47 bits per heavy atom. The number of carbonyl (C=O) groups excluding carboxylic acids is 2. The number of anilines is 2. The molecule has 7 nitrogen and oxygen atoms in total. The first-order valence-electron chi connectivity index (χ1n) is 9.95. The Morgan fingerprint density at radius 2 is 1.77 bits per heavy atom. The van der Waals surface area contributed by atoms with Gasteiger partial charge in [0.15, 0.2) is 6.61 Å². The van der Waals surface area contributed by atoms with Crippen molar-refractivity contribution in [3.05, 3.63) is 65.9 Å². The highest BCUT2D eigenvalue weighted by Gasteiger charge is 2.23. The molecular weight excluding hydrogens is 382 g/mol. The van der Waals surface area contributed by atoms with Crippen LogP contribution in [-0.4, -0.2) is 36.7 Å². The van der Waals surface area contributed by atoms with Crippen LogP contribution in [0.5, 0.6) is 0 Å². The number of carbonyl (C=O) groups is 2. The van der Waals surface area contributed by atoms with Crippen LogP contribution in [0.15, 0.2) is 59.1 Å². The van der Waals surface area contributed by atoms with Crippen LogP contribution in [0.1, 0.15) is 29.0 Å². The molecule has 154 valence electrons. The molecule has 4 rings (SSSR count). The number of hydrogen-bond acceptors (Lipinski definition) is 6. The van der Waals surface area contributed by atoms with Crippen LogP contribution >= 0.6 is 0 Å². The van der Waals surface area contributed by atoms with Gasteiger partial charge in [0, 0.05) is 30.0 Å². The maximum absolute atomic E-state index is 12.6. The van der Waals surface area contributed by atoms with Crippen molar-refractivity contribution in [2.24, 2.45) is 0 Å². The zero-order chi connectivity index (χ0) is 20.9. The third-order valence-electron chi connectivity index (χ3n) is 5.07. The molecular formula is C23H23N3O4. The van der Waals surface area contributed by atoms with E-state index in [9.17, 15) is 9.59 Å². The summed E-state index contributed by atoms with van der Waals surface area (Å²) < 4.78 is 10.4. The van der Waals surface area contributed by atoms with Gasteiger partial charge in [-0.2, -0.15) is 0 Å². The Hall–Kier alpha value is -3.61. The zero-order valence-corrected chi connectivity index (χ0v) is 16.8. The van der Waals surface area contributed by atoms with Crippen molar-refractivity contribution in [2.45, 2.75) is 19.8 Å². The molecule has 0 aliphatic carbocycles. The number of nitrogens with zero attached hydrogens (tertiary/aromatic N) is 2. The van der Waals surface area contributed by atoms with Gasteiger partial charge in [-0.15, -0.1) is 0 Å². The Kier molecular flexibility index (Phi) is 5.79. The van der Waals surface area contributed by atoms with Crippen LogP contribution in [0.25, 0.3) is 11.3 Å². The maximum Gasteiger partial charge on any atom is 0.344 e. The van der Waals surface area contributed by atoms with E-state index in [0.29, 0.717) is 17.1 Å². The van der Waals surface area contributed by atoms with Crippen LogP contribution in [0.4, 0.5) is 11.4 Å². The molecule has 1 fully saturated rings. The standard InChI is InChI=1S/C23H23N3O4/c1-16-21(22(25-30-16)17-7-3-2-4-8-17)23(28)29-15-20(27)24-18-9-11-19(12-10-18)26-13-5-6-14-26/h2-4,7-12H,5-6,13-15H2,1H3,(H,24,27). The van der Waals surface area contributed by atoms with Crippen molar-refractivity contribution >= 4 is 23.3 Å². The lowest BCUT2D eigenvalue weighted by Crippen LogP contribution is -2.21. The summed E-state index contributed by atoms with van der Waals surface area (Å²) >= 11 is 0. The second-order valence-corrected chi connectivity index (χ2v) is 7.19. The van der Waals surface area contributed by atoms with Gasteiger partial charge >= 0.3 is 5.97 Å². The molecule has 2 heterocycles. The van der Waals surface area contributed by atoms with Gasteiger partial charge in [-0.1, -0.05) is 35.5 Å². The summed E-state index contributed by atoms with van der Waals surface area (Å²) in [6.07, 6.45) is 2.42. The van der Waals surface area contributed by atoms with Gasteiger partial charge in [0.05, 0.1) is 0 Å². The summed E-state index contributed by atoms with van der Waals surface area (Å²) in [5.41, 5.74) is 3.17. The van der Waals surface area contributed by atoms with Crippen molar-refractivity contribution < 1.29 is 18.8 Å². The summed E-state index contributed by atoms with van der Waals surface area (Å²) in [6.45, 7) is 3.37. The van der Waals surface area contributed by atoms with Crippen molar-refractivity contribution in [3.8, 4) is 11.3 Å². The largest absolute Gasteiger partial charge is 0.452 e. The summed E-state index contributed by atoms with van der Waals surface area (Å²) in [6, 6.07) is 16.9. The summed E-state index contributed by atoms with van der Waals surface area (Å²) in [5, 5.41) is 6.71. The summed E-state index contributed by atoms with van der Waals surface area (Å²) in [5.74, 6) is -0.712. The van der Waals surface area contributed by atoms with Gasteiger partial charge in [-0.3, -0.25) is 4.79 Å². The molecule has 1 amide bonds. The van der Waals surface area contributed by atoms with E-state index < -0.39 is 18.5 Å². The number of rotatable bonds is 6. The lowest BCUT2D eigenvalue weighted by molar-refractivity contribution is -0.119. The molecule has 7 heteroatoms. The zero-order valence-electron chi connectivity index (χ0n) is 16.8. The van der Waals surface area contributed by atoms with E-state index in [1.807, 2.05) is 54.6 Å². The van der Waals surface area contributed by atoms with Crippen molar-refractivity contribution in [2.75, 3.05) is 29.9 Å². The van der Waals surface area contributed by atoms with E-state index in [1.165, 1.54) is 12.8 Å². The molecule has 30 heavy (non-hydrogen) atoms. The third kappa shape index (κ3) is 4.35. The highest BCUT2D eigenvalue weighted by molar-refractivity contribution is 5.99. The van der Waals surface area contributed by atoms with Crippen LogP contribution in [0.2, 0.25) is 0 Å². The molecule has 1 aromatic heterocycles. The minimum absolute atomic E-state index is 0.226. The van der Waals surface area contributed by atoms with Crippen molar-refractivity contribution in [1.29, 1.82) is 0 Å². The second-order valence-electron chi connectivity index (χ2n) is 7.19. The smallest absolute Gasteiger partial charge is 0.344 e. The number of amides is 1. The van der Waals surface area contributed by atoms with Gasteiger partial charge in [0.25, 0.3) is 5.91 Å². The Labute approximate surface area is 174 Å². The third-order valence-corrected chi connectivity index (χ3v) is 5.07. The van der Waals surface area contributed by atoms with E-state index >= 15 is 0 Å². The van der Waals surface area contributed by atoms with Gasteiger partial charge < -0.3 is 19.5 Å². The molecule has 0 saturated carbocycles. The monoisotopic (exact) mass is 405 g/mol. The highest BCUT2D eigenvalue weighted by atomic mass is 16.5. The number of aryl methyl sites for hydroxylation is 1. The second kappa shape index (κ2) is 8.82. The van der Waals surface area contributed by atoms with E-state index in [2.05, 4.69) is 15.4 Å². The lowest BCUT2D eigenvalue weighted by Gasteiger charge is -2.17. The quantitative estimate of drug-likeness (QED) is 0.623. The summed E-state index contributed by atoms with van der Waals surface area (Å²) in [7, 11) is 0. The topological polar surface area (TPSA) is 84.7 Å². The van der Waals surface area contributed by atoms with Crippen molar-refractivity contribution in [1.82, 2.24) is 5.16 Å². The molecule has 2 aromatic carbocycles. The molecule has 1 aliphatic rings. The average molecular weight is 405 g/mol. The van der Waals surface area contributed by atoms with Gasteiger partial charge in [0.2, 0.25) is 0 Å². The first kappa shape index (κ1) is 19.7. The Balaban J connectivity index is 1.35. The predicted octanol–water partition coefficient (Wildman–Crippen LogP) is 4.05. The fraction of sp³-hybridized carbons (Fsp3) is 0.261. The first-order chi connectivity index (χ1) is 14.6. The fourth-order valence-electron chi connectivity index (χ4n) is 3.54. The normalized spacial score (nSPS) is 13.3. The molecule has 3 aromatic rings. The lowest BCUT2D eigenvalue weighted by atomic mass is 10.1. The van der Waals surface area contributed by atoms with E-state index in [1.54, 1.807) is 6.92 Å². The van der Waals surface area contributed by atoms with Crippen molar-refractivity contribution in [3.63, 3.8) is 0 Å². The van der Waals surface area contributed by atoms with Gasteiger partial charge in [-0.25, -0.2) is 4.79 Å². The number of benzene rings is 2. The average Bonchev–Trinajstić information content (AvgIpc) is 3.43. The van der Waals surface area contributed by atoms with E-state index in [4.69, 9.17) is 9.26 Å². The highest BCUT2D eigenvalue weighted by Crippen LogP contribution is 2.26. The number of ether oxygens (including phenoxy) is 1. The summed E-state index contributed by atoms with van der Waals surface area (Å²) in [4.78, 5) is 27.1. The van der Waals surface area contributed by atoms with Crippen LogP contribution in [0, 0.1) is 6.92 Å². The van der Waals surface area contributed by atoms with Crippen LogP contribution < -0.4 is 10.2 Å². The number of nitrogens with one attached hydrogen (secondary N) is 1. The van der Waals surface area contributed by atoms with Gasteiger partial charge in [-0.05, 0) is 44.0 Å². The van der Waals surface area contributed by atoms with E-state index in [-0.39, 0.29) is 5.56 Å². The van der Waals surface area contributed by atoms with Gasteiger partial charge in [0.1, 0.15) is 17.0 Å². The predicted molar refractivity (Wildman–Crippen MR) is 113 cm³/mol. The molecule has 1 saturated heterocycles. The number of aromatic nitrogens is 1. The molecule has 0 spiro atoms. The van der Waals surface area contributed by atoms with E-state index in [0.717, 1.165) is 24.3 Å². The van der Waals surface area contributed by atoms with Crippen LogP contribution in [0.3, 0.4) is 0 Å². The fourth-order valence-corrected chi connectivity index (χ4v) is 3.54. The molecule has 0 atom stereocenters. The SMILES string of the molecule is Cc1onc(-c2ccccc2)c1C(=O)OCC(=O)Nc1ccc(N2CCCC2)cc1. The Bertz CT molecular complexity index is 1020. The molecule has 1 N–H and O–H groups in total. The molecule has 0 bridgehead atoms.